The SMILES string of the molecule is CN(C)c1cc(N[C@@H]2COC[C@H]2Cc2ccncc2)ncn1.O=CO. The fourth-order valence-corrected chi connectivity index (χ4v) is 2.64. The minimum atomic E-state index is -0.250. The first-order valence-corrected chi connectivity index (χ1v) is 7.94. The van der Waals surface area contributed by atoms with Crippen molar-refractivity contribution in [2.24, 2.45) is 5.92 Å². The molecular formula is C17H23N5O3. The molecule has 25 heavy (non-hydrogen) atoms. The second-order valence-corrected chi connectivity index (χ2v) is 5.87. The highest BCUT2D eigenvalue weighted by molar-refractivity contribution is 5.48. The number of pyridine rings is 1. The summed E-state index contributed by atoms with van der Waals surface area (Å²) >= 11 is 0. The molecule has 8 heteroatoms. The Kier molecular flexibility index (Phi) is 7.09. The first-order valence-electron chi connectivity index (χ1n) is 7.94. The van der Waals surface area contributed by atoms with Crippen LogP contribution >= 0.6 is 0 Å². The van der Waals surface area contributed by atoms with Crippen LogP contribution in [0.5, 0.6) is 0 Å². The van der Waals surface area contributed by atoms with Gasteiger partial charge in [-0.05, 0) is 24.1 Å². The smallest absolute Gasteiger partial charge is 0.290 e. The molecule has 0 aliphatic carbocycles. The number of carbonyl (C=O) groups is 1. The van der Waals surface area contributed by atoms with Crippen molar-refractivity contribution in [1.29, 1.82) is 0 Å². The number of rotatable bonds is 5. The lowest BCUT2D eigenvalue weighted by Crippen LogP contribution is -2.29. The summed E-state index contributed by atoms with van der Waals surface area (Å²) in [5.41, 5.74) is 1.29. The summed E-state index contributed by atoms with van der Waals surface area (Å²) < 4.78 is 5.66. The number of anilines is 2. The van der Waals surface area contributed by atoms with Crippen molar-refractivity contribution in [3.05, 3.63) is 42.5 Å². The van der Waals surface area contributed by atoms with Crippen molar-refractivity contribution < 1.29 is 14.6 Å². The van der Waals surface area contributed by atoms with Gasteiger partial charge in [-0.2, -0.15) is 0 Å². The van der Waals surface area contributed by atoms with Gasteiger partial charge in [0.1, 0.15) is 18.0 Å². The molecule has 1 aliphatic heterocycles. The molecule has 0 saturated carbocycles. The number of hydrogen-bond acceptors (Lipinski definition) is 7. The van der Waals surface area contributed by atoms with Crippen molar-refractivity contribution in [2.45, 2.75) is 12.5 Å². The van der Waals surface area contributed by atoms with E-state index in [-0.39, 0.29) is 12.5 Å². The molecule has 0 unspecified atom stereocenters. The van der Waals surface area contributed by atoms with Crippen LogP contribution in [0.1, 0.15) is 5.56 Å². The Morgan fingerprint density at radius 3 is 2.72 bits per heavy atom. The van der Waals surface area contributed by atoms with Gasteiger partial charge < -0.3 is 20.1 Å². The maximum atomic E-state index is 8.36. The largest absolute Gasteiger partial charge is 0.483 e. The Morgan fingerprint density at radius 1 is 1.32 bits per heavy atom. The van der Waals surface area contributed by atoms with Crippen LogP contribution in [0, 0.1) is 5.92 Å². The summed E-state index contributed by atoms with van der Waals surface area (Å²) in [6, 6.07) is 6.34. The van der Waals surface area contributed by atoms with Gasteiger partial charge in [-0.15, -0.1) is 0 Å². The van der Waals surface area contributed by atoms with Crippen LogP contribution in [0.15, 0.2) is 36.9 Å². The molecule has 2 N–H and O–H groups in total. The first-order chi connectivity index (χ1) is 12.1. The molecular weight excluding hydrogens is 322 g/mol. The van der Waals surface area contributed by atoms with Crippen molar-refractivity contribution in [1.82, 2.24) is 15.0 Å². The van der Waals surface area contributed by atoms with E-state index < -0.39 is 0 Å². The van der Waals surface area contributed by atoms with Crippen LogP contribution in [0.2, 0.25) is 0 Å². The average Bonchev–Trinajstić information content (AvgIpc) is 3.03. The van der Waals surface area contributed by atoms with Gasteiger partial charge in [0.15, 0.2) is 0 Å². The van der Waals surface area contributed by atoms with Gasteiger partial charge in [-0.25, -0.2) is 9.97 Å². The number of aromatic nitrogens is 3. The lowest BCUT2D eigenvalue weighted by Gasteiger charge is -2.20. The Bertz CT molecular complexity index is 654. The lowest BCUT2D eigenvalue weighted by atomic mass is 9.95. The zero-order valence-corrected chi connectivity index (χ0v) is 14.4. The zero-order chi connectivity index (χ0) is 18.1. The normalized spacial score (nSPS) is 18.8. The van der Waals surface area contributed by atoms with Gasteiger partial charge in [0.05, 0.1) is 19.3 Å². The number of nitrogens with zero attached hydrogens (tertiary/aromatic N) is 4. The molecule has 3 heterocycles. The Labute approximate surface area is 146 Å². The standard InChI is InChI=1S/C16H21N5O.CH2O2/c1-21(2)16-8-15(18-11-19-16)20-14-10-22-9-13(14)7-12-3-5-17-6-4-12;2-1-3/h3-6,8,11,13-14H,7,9-10H2,1-2H3,(H,18,19,20);1H,(H,2,3)/t13-,14-;/m1./s1. The third kappa shape index (κ3) is 5.68. The van der Waals surface area contributed by atoms with E-state index in [9.17, 15) is 0 Å². The Balaban J connectivity index is 0.000000701. The molecule has 2 aromatic heterocycles. The van der Waals surface area contributed by atoms with Crippen LogP contribution in [-0.2, 0) is 16.0 Å². The molecule has 2 atom stereocenters. The van der Waals surface area contributed by atoms with E-state index in [1.54, 1.807) is 6.33 Å². The third-order valence-electron chi connectivity index (χ3n) is 3.89. The maximum Gasteiger partial charge on any atom is 0.290 e. The molecule has 0 bridgehead atoms. The number of ether oxygens (including phenoxy) is 1. The minimum Gasteiger partial charge on any atom is -0.483 e. The Hall–Kier alpha value is -2.74. The molecule has 3 rings (SSSR count). The minimum absolute atomic E-state index is 0.250. The van der Waals surface area contributed by atoms with Crippen molar-refractivity contribution in [2.75, 3.05) is 37.5 Å². The van der Waals surface area contributed by atoms with Gasteiger partial charge in [0, 0.05) is 38.5 Å². The zero-order valence-electron chi connectivity index (χ0n) is 14.4. The van der Waals surface area contributed by atoms with Gasteiger partial charge >= 0.3 is 0 Å². The van der Waals surface area contributed by atoms with Crippen LogP contribution in [-0.4, -0.2) is 59.9 Å². The van der Waals surface area contributed by atoms with E-state index in [1.165, 1.54) is 5.56 Å². The Morgan fingerprint density at radius 2 is 2.04 bits per heavy atom. The van der Waals surface area contributed by atoms with E-state index in [0.717, 1.165) is 24.7 Å². The molecule has 1 saturated heterocycles. The highest BCUT2D eigenvalue weighted by Crippen LogP contribution is 2.22. The van der Waals surface area contributed by atoms with E-state index >= 15 is 0 Å². The summed E-state index contributed by atoms with van der Waals surface area (Å²) in [4.78, 5) is 22.9. The average molecular weight is 345 g/mol. The first kappa shape index (κ1) is 18.6. The number of nitrogens with one attached hydrogen (secondary N) is 1. The molecule has 8 nitrogen and oxygen atoms in total. The van der Waals surface area contributed by atoms with Crippen molar-refractivity contribution in [3.8, 4) is 0 Å². The van der Waals surface area contributed by atoms with E-state index in [2.05, 4.69) is 32.4 Å². The number of carboxylic acid groups (broad SMARTS) is 1. The molecule has 134 valence electrons. The molecule has 0 aromatic carbocycles. The predicted octanol–water partition coefficient (Wildman–Crippen LogP) is 1.31. The van der Waals surface area contributed by atoms with Crippen LogP contribution in [0.25, 0.3) is 0 Å². The van der Waals surface area contributed by atoms with Gasteiger partial charge in [0.2, 0.25) is 0 Å². The highest BCUT2D eigenvalue weighted by Gasteiger charge is 2.28. The van der Waals surface area contributed by atoms with Crippen LogP contribution in [0.4, 0.5) is 11.6 Å². The number of hydrogen-bond donors (Lipinski definition) is 2. The van der Waals surface area contributed by atoms with Gasteiger partial charge in [0.25, 0.3) is 6.47 Å². The van der Waals surface area contributed by atoms with E-state index in [4.69, 9.17) is 14.6 Å². The molecule has 0 spiro atoms. The maximum absolute atomic E-state index is 8.36. The monoisotopic (exact) mass is 345 g/mol. The van der Waals surface area contributed by atoms with E-state index in [0.29, 0.717) is 12.5 Å². The highest BCUT2D eigenvalue weighted by atomic mass is 16.5. The summed E-state index contributed by atoms with van der Waals surface area (Å²) in [6.07, 6.45) is 6.24. The van der Waals surface area contributed by atoms with Crippen molar-refractivity contribution in [3.63, 3.8) is 0 Å². The summed E-state index contributed by atoms with van der Waals surface area (Å²) in [5, 5.41) is 10.4. The van der Waals surface area contributed by atoms with Crippen LogP contribution in [0.3, 0.4) is 0 Å². The predicted molar refractivity (Wildman–Crippen MR) is 94.7 cm³/mol. The quantitative estimate of drug-likeness (QED) is 0.782. The van der Waals surface area contributed by atoms with Crippen LogP contribution < -0.4 is 10.2 Å². The molecule has 2 aromatic rings. The third-order valence-corrected chi connectivity index (χ3v) is 3.89. The summed E-state index contributed by atoms with van der Waals surface area (Å²) in [7, 11) is 3.94. The topological polar surface area (TPSA) is 100 Å². The fourth-order valence-electron chi connectivity index (χ4n) is 2.64. The summed E-state index contributed by atoms with van der Waals surface area (Å²) in [6.45, 7) is 1.22. The second-order valence-electron chi connectivity index (χ2n) is 5.87. The lowest BCUT2D eigenvalue weighted by molar-refractivity contribution is -0.122. The van der Waals surface area contributed by atoms with E-state index in [1.807, 2.05) is 37.5 Å². The fraction of sp³-hybridized carbons (Fsp3) is 0.412. The van der Waals surface area contributed by atoms with Crippen molar-refractivity contribution >= 4 is 18.1 Å². The van der Waals surface area contributed by atoms with Gasteiger partial charge in [-0.1, -0.05) is 0 Å². The molecule has 1 aliphatic rings. The molecule has 0 amide bonds. The molecule has 1 fully saturated rings. The second kappa shape index (κ2) is 9.53. The summed E-state index contributed by atoms with van der Waals surface area (Å²) in [5.74, 6) is 2.16. The van der Waals surface area contributed by atoms with Gasteiger partial charge in [-0.3, -0.25) is 9.78 Å². The molecule has 0 radical (unpaired) electrons.